The number of rotatable bonds is 9. The topological polar surface area (TPSA) is 63.5 Å². The van der Waals surface area contributed by atoms with Crippen LogP contribution in [-0.4, -0.2) is 35.7 Å². The molecule has 0 spiro atoms. The fourth-order valence-electron chi connectivity index (χ4n) is 3.15. The lowest BCUT2D eigenvalue weighted by Gasteiger charge is -2.13. The van der Waals surface area contributed by atoms with E-state index in [2.05, 4.69) is 57.4 Å². The lowest BCUT2D eigenvalue weighted by atomic mass is 10.1. The first kappa shape index (κ1) is 23.7. The maximum atomic E-state index is 5.43. The Kier molecular flexibility index (Phi) is 10.2. The zero-order valence-electron chi connectivity index (χ0n) is 17.5. The third-order valence-electron chi connectivity index (χ3n) is 4.56. The number of hydrogen-bond acceptors (Lipinski definition) is 3. The quantitative estimate of drug-likeness (QED) is 0.256. The number of hydrogen-bond donors (Lipinski definition) is 2. The van der Waals surface area contributed by atoms with Crippen LogP contribution in [0.15, 0.2) is 72.2 Å². The van der Waals surface area contributed by atoms with Gasteiger partial charge in [-0.25, -0.2) is 9.98 Å². The second kappa shape index (κ2) is 12.9. The van der Waals surface area contributed by atoms with Gasteiger partial charge in [0, 0.05) is 32.0 Å². The van der Waals surface area contributed by atoms with Crippen molar-refractivity contribution in [1.82, 2.24) is 20.2 Å². The predicted octanol–water partition coefficient (Wildman–Crippen LogP) is 3.86. The number of para-hydroxylation sites is 1. The monoisotopic (exact) mass is 519 g/mol. The van der Waals surface area contributed by atoms with Gasteiger partial charge in [0.2, 0.25) is 0 Å². The summed E-state index contributed by atoms with van der Waals surface area (Å²) in [6, 6.07) is 16.6. The largest absolute Gasteiger partial charge is 0.496 e. The van der Waals surface area contributed by atoms with Crippen LogP contribution in [-0.2, 0) is 19.5 Å². The van der Waals surface area contributed by atoms with Crippen molar-refractivity contribution in [2.45, 2.75) is 26.4 Å². The molecule has 3 aromatic rings. The Labute approximate surface area is 195 Å². The number of aliphatic imine (C=N–C) groups is 1. The number of nitrogens with zero attached hydrogens (tertiary/aromatic N) is 3. The Hall–Kier alpha value is -2.55. The second-order valence-electron chi connectivity index (χ2n) is 6.74. The van der Waals surface area contributed by atoms with Crippen molar-refractivity contribution in [2.75, 3.05) is 20.2 Å². The number of guanidine groups is 1. The van der Waals surface area contributed by atoms with Crippen LogP contribution in [0, 0.1) is 0 Å². The minimum atomic E-state index is 0. The Morgan fingerprint density at radius 1 is 1.10 bits per heavy atom. The molecule has 1 aromatic heterocycles. The first-order chi connectivity index (χ1) is 14.3. The van der Waals surface area contributed by atoms with Gasteiger partial charge in [-0.3, -0.25) is 0 Å². The predicted molar refractivity (Wildman–Crippen MR) is 133 cm³/mol. The molecule has 0 atom stereocenters. The average Bonchev–Trinajstić information content (AvgIpc) is 3.25. The van der Waals surface area contributed by atoms with Gasteiger partial charge in [0.1, 0.15) is 5.75 Å². The summed E-state index contributed by atoms with van der Waals surface area (Å²) in [6.07, 6.45) is 6.47. The Morgan fingerprint density at radius 3 is 2.70 bits per heavy atom. The van der Waals surface area contributed by atoms with Gasteiger partial charge in [0.15, 0.2) is 5.96 Å². The molecule has 30 heavy (non-hydrogen) atoms. The number of benzene rings is 2. The van der Waals surface area contributed by atoms with Gasteiger partial charge in [-0.2, -0.15) is 0 Å². The summed E-state index contributed by atoms with van der Waals surface area (Å²) in [6.45, 7) is 5.12. The third-order valence-corrected chi connectivity index (χ3v) is 4.56. The van der Waals surface area contributed by atoms with Gasteiger partial charge < -0.3 is 19.9 Å². The molecule has 3 rings (SSSR count). The highest BCUT2D eigenvalue weighted by molar-refractivity contribution is 14.0. The van der Waals surface area contributed by atoms with Crippen LogP contribution in [0.1, 0.15) is 23.6 Å². The molecule has 0 saturated heterocycles. The molecular weight excluding hydrogens is 489 g/mol. The van der Waals surface area contributed by atoms with Gasteiger partial charge in [-0.05, 0) is 36.1 Å². The van der Waals surface area contributed by atoms with Gasteiger partial charge in [-0.15, -0.1) is 24.0 Å². The smallest absolute Gasteiger partial charge is 0.191 e. The number of aromatic nitrogens is 2. The normalized spacial score (nSPS) is 10.9. The molecule has 1 heterocycles. The van der Waals surface area contributed by atoms with Gasteiger partial charge >= 0.3 is 0 Å². The summed E-state index contributed by atoms with van der Waals surface area (Å²) in [5.74, 6) is 1.74. The van der Waals surface area contributed by atoms with E-state index in [1.54, 1.807) is 13.3 Å². The van der Waals surface area contributed by atoms with E-state index in [9.17, 15) is 0 Å². The molecule has 2 N–H and O–H groups in total. The first-order valence-electron chi connectivity index (χ1n) is 9.96. The van der Waals surface area contributed by atoms with Crippen LogP contribution in [0.5, 0.6) is 5.75 Å². The van der Waals surface area contributed by atoms with Crippen LogP contribution in [0.3, 0.4) is 0 Å². The summed E-state index contributed by atoms with van der Waals surface area (Å²) < 4.78 is 7.49. The fraction of sp³-hybridized carbons (Fsp3) is 0.304. The summed E-state index contributed by atoms with van der Waals surface area (Å²) in [7, 11) is 1.71. The number of imidazole rings is 1. The molecule has 6 nitrogen and oxygen atoms in total. The van der Waals surface area contributed by atoms with E-state index in [1.807, 2.05) is 30.7 Å². The number of methoxy groups -OCH3 is 1. The van der Waals surface area contributed by atoms with Crippen molar-refractivity contribution in [3.63, 3.8) is 0 Å². The van der Waals surface area contributed by atoms with Crippen molar-refractivity contribution in [3.8, 4) is 5.75 Å². The van der Waals surface area contributed by atoms with E-state index in [0.29, 0.717) is 6.54 Å². The zero-order valence-corrected chi connectivity index (χ0v) is 19.9. The number of halogens is 1. The first-order valence-corrected chi connectivity index (χ1v) is 9.96. The Bertz CT molecular complexity index is 911. The fourth-order valence-corrected chi connectivity index (χ4v) is 3.15. The molecule has 0 bridgehead atoms. The Morgan fingerprint density at radius 2 is 1.93 bits per heavy atom. The highest BCUT2D eigenvalue weighted by Crippen LogP contribution is 2.17. The maximum Gasteiger partial charge on any atom is 0.191 e. The van der Waals surface area contributed by atoms with Crippen molar-refractivity contribution in [3.05, 3.63) is 83.9 Å². The zero-order chi connectivity index (χ0) is 20.3. The van der Waals surface area contributed by atoms with Crippen LogP contribution in [0.25, 0.3) is 0 Å². The third kappa shape index (κ3) is 7.37. The second-order valence-corrected chi connectivity index (χ2v) is 6.74. The minimum Gasteiger partial charge on any atom is -0.496 e. The molecule has 0 radical (unpaired) electrons. The van der Waals surface area contributed by atoms with Gasteiger partial charge in [-0.1, -0.05) is 42.5 Å². The molecule has 0 unspecified atom stereocenters. The van der Waals surface area contributed by atoms with Gasteiger partial charge in [0.05, 0.1) is 20.0 Å². The summed E-state index contributed by atoms with van der Waals surface area (Å²) >= 11 is 0. The van der Waals surface area contributed by atoms with Crippen molar-refractivity contribution in [1.29, 1.82) is 0 Å². The lowest BCUT2D eigenvalue weighted by molar-refractivity contribution is 0.409. The molecule has 0 aliphatic rings. The van der Waals surface area contributed by atoms with E-state index in [0.717, 1.165) is 37.8 Å². The molecule has 0 aliphatic heterocycles. The summed E-state index contributed by atoms with van der Waals surface area (Å²) in [5.41, 5.74) is 3.61. The van der Waals surface area contributed by atoms with Crippen molar-refractivity contribution >= 4 is 29.9 Å². The lowest BCUT2D eigenvalue weighted by Crippen LogP contribution is -2.38. The summed E-state index contributed by atoms with van der Waals surface area (Å²) in [5, 5.41) is 6.73. The average molecular weight is 519 g/mol. The highest BCUT2D eigenvalue weighted by Gasteiger charge is 2.03. The SMILES string of the molecule is CCNC(=NCc1cccc(Cn2ccnc2)c1)NCCc1ccccc1OC.I. The molecule has 7 heteroatoms. The Balaban J connectivity index is 0.00000320. The highest BCUT2D eigenvalue weighted by atomic mass is 127. The molecule has 160 valence electrons. The molecule has 0 saturated carbocycles. The van der Waals surface area contributed by atoms with Gasteiger partial charge in [0.25, 0.3) is 0 Å². The van der Waals surface area contributed by atoms with Crippen LogP contribution in [0.4, 0.5) is 0 Å². The maximum absolute atomic E-state index is 5.43. The molecule has 2 aromatic carbocycles. The van der Waals surface area contributed by atoms with Crippen LogP contribution in [0.2, 0.25) is 0 Å². The minimum absolute atomic E-state index is 0. The van der Waals surface area contributed by atoms with Crippen LogP contribution >= 0.6 is 24.0 Å². The van der Waals surface area contributed by atoms with Crippen molar-refractivity contribution < 1.29 is 4.74 Å². The summed E-state index contributed by atoms with van der Waals surface area (Å²) in [4.78, 5) is 8.84. The van der Waals surface area contributed by atoms with E-state index in [4.69, 9.17) is 9.73 Å². The standard InChI is InChI=1S/C23H29N5O.HI/c1-3-25-23(26-12-11-21-9-4-5-10-22(21)29-2)27-16-19-7-6-8-20(15-19)17-28-14-13-24-18-28;/h4-10,13-15,18H,3,11-12,16-17H2,1-2H3,(H2,25,26,27);1H. The van der Waals surface area contributed by atoms with Crippen molar-refractivity contribution in [2.24, 2.45) is 4.99 Å². The molecule has 0 fully saturated rings. The molecular formula is C23H30IN5O. The number of ether oxygens (including phenoxy) is 1. The number of nitrogens with one attached hydrogen (secondary N) is 2. The van der Waals surface area contributed by atoms with Crippen LogP contribution < -0.4 is 15.4 Å². The molecule has 0 amide bonds. The van der Waals surface area contributed by atoms with E-state index >= 15 is 0 Å². The van der Waals surface area contributed by atoms with E-state index in [-0.39, 0.29) is 24.0 Å². The van der Waals surface area contributed by atoms with E-state index in [1.165, 1.54) is 16.7 Å². The van der Waals surface area contributed by atoms with E-state index < -0.39 is 0 Å². The molecule has 0 aliphatic carbocycles.